The summed E-state index contributed by atoms with van der Waals surface area (Å²) < 4.78 is 70.9. The van der Waals surface area contributed by atoms with E-state index in [2.05, 4.69) is 38.7 Å². The van der Waals surface area contributed by atoms with E-state index in [0.29, 0.717) is 0 Å². The molecule has 0 amide bonds. The Morgan fingerprint density at radius 2 is 1.67 bits per heavy atom. The van der Waals surface area contributed by atoms with Gasteiger partial charge in [-0.15, -0.1) is 0 Å². The third kappa shape index (κ3) is 11.2. The van der Waals surface area contributed by atoms with E-state index in [0.717, 1.165) is 50.8 Å². The lowest BCUT2D eigenvalue weighted by atomic mass is 10.2. The number of hydrogen-bond acceptors (Lipinski definition) is 7. The number of fused-ring (bicyclic) bond motifs is 1. The molecule has 0 radical (unpaired) electrons. The van der Waals surface area contributed by atoms with Gasteiger partial charge in [-0.3, -0.25) is 14.8 Å². The standard InChI is InChI=1S/C19H23N5O.2C2HF3O2/c1-22(10-16-3-2-5-20-9-16)12-18-13-24-7-6-23(14-19(24)21-18)11-17-4-8-25-15-17;2*3-2(4,5)1(6)7/h2-5,8-9,13,15H,6-7,10-12,14H2,1H3;2*(H,6,7). The highest BCUT2D eigenvalue weighted by atomic mass is 19.4. The molecule has 39 heavy (non-hydrogen) atoms. The number of aromatic nitrogens is 3. The summed E-state index contributed by atoms with van der Waals surface area (Å²) >= 11 is 0. The van der Waals surface area contributed by atoms with Gasteiger partial charge in [0.25, 0.3) is 0 Å². The number of carboxylic acid groups (broad SMARTS) is 2. The second kappa shape index (κ2) is 13.7. The summed E-state index contributed by atoms with van der Waals surface area (Å²) in [5.41, 5.74) is 3.57. The number of alkyl halides is 6. The Kier molecular flexibility index (Phi) is 11.0. The van der Waals surface area contributed by atoms with Crippen molar-refractivity contribution >= 4 is 11.9 Å². The Morgan fingerprint density at radius 3 is 2.18 bits per heavy atom. The second-order valence-electron chi connectivity index (χ2n) is 8.32. The van der Waals surface area contributed by atoms with Crippen LogP contribution in [0.25, 0.3) is 0 Å². The van der Waals surface area contributed by atoms with Gasteiger partial charge < -0.3 is 19.2 Å². The molecule has 0 aromatic carbocycles. The van der Waals surface area contributed by atoms with E-state index in [1.165, 1.54) is 11.1 Å². The van der Waals surface area contributed by atoms with Gasteiger partial charge >= 0.3 is 24.3 Å². The minimum Gasteiger partial charge on any atom is -0.475 e. The summed E-state index contributed by atoms with van der Waals surface area (Å²) in [7, 11) is 2.12. The van der Waals surface area contributed by atoms with Gasteiger partial charge in [-0.05, 0) is 24.7 Å². The van der Waals surface area contributed by atoms with Crippen LogP contribution in [0.4, 0.5) is 26.3 Å². The van der Waals surface area contributed by atoms with Crippen LogP contribution in [0.2, 0.25) is 0 Å². The van der Waals surface area contributed by atoms with Crippen LogP contribution in [-0.4, -0.2) is 72.4 Å². The van der Waals surface area contributed by atoms with Crippen molar-refractivity contribution in [3.8, 4) is 0 Å². The molecular formula is C23H25F6N5O5. The number of hydrogen-bond donors (Lipinski definition) is 2. The fraction of sp³-hybridized carbons (Fsp3) is 0.391. The predicted molar refractivity (Wildman–Crippen MR) is 122 cm³/mol. The summed E-state index contributed by atoms with van der Waals surface area (Å²) in [6, 6.07) is 6.11. The lowest BCUT2D eigenvalue weighted by Gasteiger charge is -2.26. The van der Waals surface area contributed by atoms with Crippen molar-refractivity contribution < 1.29 is 50.6 Å². The third-order valence-corrected chi connectivity index (χ3v) is 5.01. The number of carboxylic acids is 2. The normalized spacial score (nSPS) is 13.5. The fourth-order valence-corrected chi connectivity index (χ4v) is 3.35. The fourth-order valence-electron chi connectivity index (χ4n) is 3.35. The number of imidazole rings is 1. The molecule has 4 rings (SSSR count). The number of rotatable bonds is 6. The lowest BCUT2D eigenvalue weighted by Crippen LogP contribution is -2.33. The molecule has 0 saturated carbocycles. The van der Waals surface area contributed by atoms with E-state index < -0.39 is 24.3 Å². The van der Waals surface area contributed by atoms with Crippen LogP contribution in [0.1, 0.15) is 22.6 Å². The van der Waals surface area contributed by atoms with Crippen molar-refractivity contribution in [2.45, 2.75) is 45.1 Å². The third-order valence-electron chi connectivity index (χ3n) is 5.01. The van der Waals surface area contributed by atoms with Gasteiger partial charge in [0.15, 0.2) is 0 Å². The number of furan rings is 1. The van der Waals surface area contributed by atoms with E-state index >= 15 is 0 Å². The van der Waals surface area contributed by atoms with Crippen LogP contribution >= 0.6 is 0 Å². The van der Waals surface area contributed by atoms with Crippen molar-refractivity contribution in [2.24, 2.45) is 0 Å². The van der Waals surface area contributed by atoms with Crippen LogP contribution in [0.15, 0.2) is 53.7 Å². The van der Waals surface area contributed by atoms with Crippen molar-refractivity contribution in [3.63, 3.8) is 0 Å². The molecule has 0 fully saturated rings. The second-order valence-corrected chi connectivity index (χ2v) is 8.32. The molecular weight excluding hydrogens is 540 g/mol. The first kappa shape index (κ1) is 31.3. The van der Waals surface area contributed by atoms with Crippen LogP contribution in [0.3, 0.4) is 0 Å². The first-order chi connectivity index (χ1) is 18.1. The molecule has 3 aromatic rings. The number of nitrogens with zero attached hydrogens (tertiary/aromatic N) is 5. The molecule has 0 unspecified atom stereocenters. The molecule has 4 heterocycles. The first-order valence-corrected chi connectivity index (χ1v) is 11.1. The summed E-state index contributed by atoms with van der Waals surface area (Å²) in [4.78, 5) is 31.5. The van der Waals surface area contributed by atoms with Crippen molar-refractivity contribution in [1.29, 1.82) is 0 Å². The minimum absolute atomic E-state index is 0.844. The van der Waals surface area contributed by atoms with Gasteiger partial charge in [0.1, 0.15) is 5.82 Å². The van der Waals surface area contributed by atoms with Crippen LogP contribution in [0, 0.1) is 0 Å². The van der Waals surface area contributed by atoms with Crippen LogP contribution in [0.5, 0.6) is 0 Å². The topological polar surface area (TPSA) is 125 Å². The largest absolute Gasteiger partial charge is 0.490 e. The monoisotopic (exact) mass is 565 g/mol. The highest BCUT2D eigenvalue weighted by Crippen LogP contribution is 2.17. The molecule has 214 valence electrons. The van der Waals surface area contributed by atoms with Gasteiger partial charge in [0.2, 0.25) is 0 Å². The molecule has 1 aliphatic rings. The predicted octanol–water partition coefficient (Wildman–Crippen LogP) is 3.79. The van der Waals surface area contributed by atoms with Crippen molar-refractivity contribution in [1.82, 2.24) is 24.3 Å². The van der Waals surface area contributed by atoms with Gasteiger partial charge in [-0.1, -0.05) is 6.07 Å². The molecule has 1 aliphatic heterocycles. The highest BCUT2D eigenvalue weighted by Gasteiger charge is 2.38. The number of pyridine rings is 1. The smallest absolute Gasteiger partial charge is 0.475 e. The summed E-state index contributed by atoms with van der Waals surface area (Å²) in [6.07, 6.45) is -0.689. The molecule has 3 aromatic heterocycles. The van der Waals surface area contributed by atoms with Crippen molar-refractivity contribution in [3.05, 3.63) is 72.0 Å². The zero-order valence-electron chi connectivity index (χ0n) is 20.5. The summed E-state index contributed by atoms with van der Waals surface area (Å²) in [5.74, 6) is -4.36. The average Bonchev–Trinajstić information content (AvgIpc) is 3.48. The number of aliphatic carboxylic acids is 2. The van der Waals surface area contributed by atoms with E-state index in [1.807, 2.05) is 30.8 Å². The van der Waals surface area contributed by atoms with Gasteiger partial charge in [0, 0.05) is 56.9 Å². The van der Waals surface area contributed by atoms with Crippen LogP contribution in [-0.2, 0) is 42.3 Å². The molecule has 16 heteroatoms. The minimum atomic E-state index is -5.08. The Hall–Kier alpha value is -3.92. The quantitative estimate of drug-likeness (QED) is 0.430. The van der Waals surface area contributed by atoms with E-state index in [1.54, 1.807) is 6.26 Å². The zero-order valence-corrected chi connectivity index (χ0v) is 20.5. The lowest BCUT2D eigenvalue weighted by molar-refractivity contribution is -0.193. The molecule has 0 saturated heterocycles. The molecule has 0 aliphatic carbocycles. The van der Waals surface area contributed by atoms with Gasteiger partial charge in [0.05, 0.1) is 24.8 Å². The molecule has 10 nitrogen and oxygen atoms in total. The van der Waals surface area contributed by atoms with Gasteiger partial charge in [-0.2, -0.15) is 26.3 Å². The molecule has 0 bridgehead atoms. The maximum Gasteiger partial charge on any atom is 0.490 e. The van der Waals surface area contributed by atoms with Crippen LogP contribution < -0.4 is 0 Å². The van der Waals surface area contributed by atoms with Crippen molar-refractivity contribution in [2.75, 3.05) is 13.6 Å². The molecule has 2 N–H and O–H groups in total. The van der Waals surface area contributed by atoms with Gasteiger partial charge in [-0.25, -0.2) is 14.6 Å². The Morgan fingerprint density at radius 1 is 1.03 bits per heavy atom. The number of halogens is 6. The zero-order chi connectivity index (χ0) is 29.2. The number of carbonyl (C=O) groups is 2. The Bertz CT molecular complexity index is 1160. The molecule has 0 spiro atoms. The highest BCUT2D eigenvalue weighted by molar-refractivity contribution is 5.73. The maximum atomic E-state index is 10.6. The Balaban J connectivity index is 0.000000317. The first-order valence-electron chi connectivity index (χ1n) is 11.1. The van der Waals surface area contributed by atoms with E-state index in [4.69, 9.17) is 29.2 Å². The average molecular weight is 565 g/mol. The summed E-state index contributed by atoms with van der Waals surface area (Å²) in [5, 5.41) is 14.2. The SMILES string of the molecule is CN(Cc1cccnc1)Cc1cn2c(n1)CN(Cc1ccoc1)CC2.O=C(O)C(F)(F)F.O=C(O)C(F)(F)F. The molecule has 0 atom stereocenters. The van der Waals surface area contributed by atoms with E-state index in [9.17, 15) is 26.3 Å². The Labute approximate surface area is 218 Å². The van der Waals surface area contributed by atoms with E-state index in [-0.39, 0.29) is 0 Å². The summed E-state index contributed by atoms with van der Waals surface area (Å²) in [6.45, 7) is 5.56. The maximum absolute atomic E-state index is 10.6.